The van der Waals surface area contributed by atoms with Gasteiger partial charge in [-0.3, -0.25) is 9.69 Å². The van der Waals surface area contributed by atoms with Crippen LogP contribution in [0.3, 0.4) is 0 Å². The van der Waals surface area contributed by atoms with Crippen LogP contribution in [0.5, 0.6) is 5.75 Å². The lowest BCUT2D eigenvalue weighted by Gasteiger charge is -2.35. The first-order chi connectivity index (χ1) is 23.7. The molecule has 5 heteroatoms. The van der Waals surface area contributed by atoms with Gasteiger partial charge in [0.2, 0.25) is 5.43 Å². The van der Waals surface area contributed by atoms with E-state index in [4.69, 9.17) is 4.74 Å². The van der Waals surface area contributed by atoms with Crippen molar-refractivity contribution in [2.75, 3.05) is 39.3 Å². The van der Waals surface area contributed by atoms with Crippen molar-refractivity contribution in [2.45, 2.75) is 129 Å². The van der Waals surface area contributed by atoms with E-state index in [0.29, 0.717) is 12.4 Å². The van der Waals surface area contributed by atoms with Gasteiger partial charge in [0.25, 0.3) is 0 Å². The van der Waals surface area contributed by atoms with E-state index in [2.05, 4.69) is 82.0 Å². The fourth-order valence-electron chi connectivity index (χ4n) is 6.93. The van der Waals surface area contributed by atoms with Gasteiger partial charge < -0.3 is 14.2 Å². The Hall–Kier alpha value is -2.89. The Balaban J connectivity index is 1.14. The maximum absolute atomic E-state index is 13.2. The summed E-state index contributed by atoms with van der Waals surface area (Å²) in [7, 11) is 0. The maximum atomic E-state index is 13.2. The molecular formula is C43H65N3O2. The van der Waals surface area contributed by atoms with Crippen molar-refractivity contribution >= 4 is 0 Å². The van der Waals surface area contributed by atoms with E-state index in [1.165, 1.54) is 107 Å². The number of hydrogen-bond acceptors (Lipinski definition) is 4. The van der Waals surface area contributed by atoms with E-state index >= 15 is 0 Å². The molecule has 1 saturated heterocycles. The third-order valence-corrected chi connectivity index (χ3v) is 10.0. The minimum atomic E-state index is 0.00676. The Labute approximate surface area is 292 Å². The predicted octanol–water partition coefficient (Wildman–Crippen LogP) is 9.90. The highest BCUT2D eigenvalue weighted by atomic mass is 16.5. The van der Waals surface area contributed by atoms with Crippen LogP contribution in [0.1, 0.15) is 126 Å². The van der Waals surface area contributed by atoms with E-state index < -0.39 is 0 Å². The summed E-state index contributed by atoms with van der Waals surface area (Å²) in [5.74, 6) is 0.487. The second-order valence-corrected chi connectivity index (χ2v) is 14.1. The van der Waals surface area contributed by atoms with Gasteiger partial charge >= 0.3 is 0 Å². The summed E-state index contributed by atoms with van der Waals surface area (Å²) >= 11 is 0. The highest BCUT2D eigenvalue weighted by molar-refractivity contribution is 5.24. The van der Waals surface area contributed by atoms with Gasteiger partial charge in [-0.2, -0.15) is 0 Å². The number of pyridine rings is 1. The molecule has 1 aliphatic rings. The second kappa shape index (κ2) is 23.5. The Morgan fingerprint density at radius 2 is 1.08 bits per heavy atom. The molecule has 2 aromatic carbocycles. The molecule has 5 nitrogen and oxygen atoms in total. The van der Waals surface area contributed by atoms with E-state index in [1.807, 2.05) is 12.3 Å². The number of aromatic nitrogens is 1. The quantitative estimate of drug-likeness (QED) is 0.0852. The lowest BCUT2D eigenvalue weighted by molar-refractivity contribution is 0.126. The summed E-state index contributed by atoms with van der Waals surface area (Å²) < 4.78 is 8.34. The molecule has 1 fully saturated rings. The fourth-order valence-corrected chi connectivity index (χ4v) is 6.93. The molecule has 0 spiro atoms. The predicted molar refractivity (Wildman–Crippen MR) is 203 cm³/mol. The molecule has 0 aliphatic carbocycles. The van der Waals surface area contributed by atoms with Crippen LogP contribution < -0.4 is 10.2 Å². The molecule has 0 unspecified atom stereocenters. The molecule has 1 aliphatic heterocycles. The van der Waals surface area contributed by atoms with Gasteiger partial charge in [0.05, 0.1) is 12.8 Å². The van der Waals surface area contributed by atoms with Crippen LogP contribution in [-0.4, -0.2) is 53.7 Å². The molecule has 3 aromatic rings. The van der Waals surface area contributed by atoms with Crippen LogP contribution in [0, 0.1) is 0 Å². The van der Waals surface area contributed by atoms with Gasteiger partial charge in [-0.15, -0.1) is 0 Å². The van der Waals surface area contributed by atoms with Crippen LogP contribution in [0.25, 0.3) is 0 Å². The summed E-state index contributed by atoms with van der Waals surface area (Å²) in [6, 6.07) is 23.1. The molecule has 264 valence electrons. The van der Waals surface area contributed by atoms with Crippen molar-refractivity contribution in [3.05, 3.63) is 100.0 Å². The largest absolute Gasteiger partial charge is 0.488 e. The molecule has 0 atom stereocenters. The first-order valence-electron chi connectivity index (χ1n) is 19.6. The Morgan fingerprint density at radius 3 is 1.65 bits per heavy atom. The number of unbranched alkanes of at least 4 members (excludes halogenated alkanes) is 15. The van der Waals surface area contributed by atoms with Crippen molar-refractivity contribution in [3.63, 3.8) is 0 Å². The molecule has 0 amide bonds. The molecule has 0 N–H and O–H groups in total. The zero-order valence-electron chi connectivity index (χ0n) is 30.3. The third kappa shape index (κ3) is 15.1. The number of hydrogen-bond donors (Lipinski definition) is 0. The Morgan fingerprint density at radius 1 is 0.583 bits per heavy atom. The first kappa shape index (κ1) is 37.9. The molecule has 0 saturated carbocycles. The first-order valence-corrected chi connectivity index (χ1v) is 19.6. The average molecular weight is 656 g/mol. The normalized spacial score (nSPS) is 14.0. The van der Waals surface area contributed by atoms with Crippen molar-refractivity contribution in [1.29, 1.82) is 0 Å². The molecule has 1 aromatic heterocycles. The number of ether oxygens (including phenoxy) is 1. The smallest absolute Gasteiger partial charge is 0.223 e. The molecule has 48 heavy (non-hydrogen) atoms. The van der Waals surface area contributed by atoms with Crippen LogP contribution in [0.2, 0.25) is 0 Å². The highest BCUT2D eigenvalue weighted by Gasteiger charge is 2.19. The second-order valence-electron chi connectivity index (χ2n) is 14.1. The molecule has 0 radical (unpaired) electrons. The number of piperazine rings is 1. The monoisotopic (exact) mass is 656 g/mol. The van der Waals surface area contributed by atoms with Gasteiger partial charge in [0.15, 0.2) is 5.75 Å². The fraction of sp³-hybridized carbons (Fsp3) is 0.605. The number of nitrogens with zero attached hydrogens (tertiary/aromatic N) is 3. The summed E-state index contributed by atoms with van der Waals surface area (Å²) in [5, 5.41) is 0. The van der Waals surface area contributed by atoms with Crippen molar-refractivity contribution in [2.24, 2.45) is 0 Å². The van der Waals surface area contributed by atoms with Crippen molar-refractivity contribution in [1.82, 2.24) is 14.4 Å². The number of benzene rings is 2. The van der Waals surface area contributed by atoms with E-state index in [0.717, 1.165) is 64.3 Å². The topological polar surface area (TPSA) is 37.7 Å². The standard InChI is InChI=1S/C43H65N3O2/c1-2-3-4-5-6-7-8-9-10-11-12-13-14-15-16-23-34-48-43-38-46(36-40-26-21-18-22-27-40)41(35-42(43)47)37-45-32-30-44(31-33-45)29-28-39-24-19-17-20-25-39/h17-22,24-27,35,38H,2-16,23,28-34,36-37H2,1H3. The lowest BCUT2D eigenvalue weighted by atomic mass is 10.0. The van der Waals surface area contributed by atoms with E-state index in [1.54, 1.807) is 0 Å². The van der Waals surface area contributed by atoms with Gasteiger partial charge in [-0.25, -0.2) is 0 Å². The van der Waals surface area contributed by atoms with Gasteiger partial charge in [0, 0.05) is 57.6 Å². The van der Waals surface area contributed by atoms with E-state index in [9.17, 15) is 4.79 Å². The average Bonchev–Trinajstić information content (AvgIpc) is 3.12. The SMILES string of the molecule is CCCCCCCCCCCCCCCCCCOc1cn(Cc2ccccc2)c(CN2CCN(CCc3ccccc3)CC2)cc1=O. The van der Waals surface area contributed by atoms with Crippen molar-refractivity contribution < 1.29 is 4.74 Å². The lowest BCUT2D eigenvalue weighted by Crippen LogP contribution is -2.46. The zero-order valence-corrected chi connectivity index (χ0v) is 30.3. The highest BCUT2D eigenvalue weighted by Crippen LogP contribution is 2.17. The third-order valence-electron chi connectivity index (χ3n) is 10.0. The molecular weight excluding hydrogens is 590 g/mol. The summed E-state index contributed by atoms with van der Waals surface area (Å²) in [6.45, 7) is 9.70. The molecule has 4 rings (SSSR count). The number of rotatable bonds is 25. The van der Waals surface area contributed by atoms with E-state index in [-0.39, 0.29) is 5.43 Å². The van der Waals surface area contributed by atoms with Crippen molar-refractivity contribution in [3.8, 4) is 5.75 Å². The summed E-state index contributed by atoms with van der Waals surface area (Å²) in [5.41, 5.74) is 3.71. The van der Waals surface area contributed by atoms with Crippen LogP contribution in [0.4, 0.5) is 0 Å². The maximum Gasteiger partial charge on any atom is 0.223 e. The minimum Gasteiger partial charge on any atom is -0.488 e. The Bertz CT molecular complexity index is 1280. The van der Waals surface area contributed by atoms with Crippen LogP contribution in [0.15, 0.2) is 77.7 Å². The van der Waals surface area contributed by atoms with Gasteiger partial charge in [0.1, 0.15) is 0 Å². The van der Waals surface area contributed by atoms with Gasteiger partial charge in [-0.1, -0.05) is 164 Å². The summed E-state index contributed by atoms with van der Waals surface area (Å²) in [6.07, 6.45) is 24.7. The summed E-state index contributed by atoms with van der Waals surface area (Å²) in [4.78, 5) is 18.3. The Kier molecular flexibility index (Phi) is 18.5. The minimum absolute atomic E-state index is 0.00676. The van der Waals surface area contributed by atoms with Crippen LogP contribution in [-0.2, 0) is 19.5 Å². The zero-order chi connectivity index (χ0) is 33.5. The van der Waals surface area contributed by atoms with Gasteiger partial charge in [-0.05, 0) is 24.0 Å². The van der Waals surface area contributed by atoms with Crippen LogP contribution >= 0.6 is 0 Å². The molecule has 2 heterocycles. The molecule has 0 bridgehead atoms.